The minimum absolute atomic E-state index is 0.358. The van der Waals surface area contributed by atoms with Crippen molar-refractivity contribution in [1.29, 1.82) is 0 Å². The van der Waals surface area contributed by atoms with Gasteiger partial charge in [0.2, 0.25) is 5.75 Å². The molecule has 0 aliphatic heterocycles. The van der Waals surface area contributed by atoms with Crippen LogP contribution in [-0.2, 0) is 0 Å². The molecule has 0 unspecified atom stereocenters. The molecule has 0 atom stereocenters. The number of para-hydroxylation sites is 1. The molecular weight excluding hydrogens is 372 g/mol. The predicted octanol–water partition coefficient (Wildman–Crippen LogP) is 4.05. The highest BCUT2D eigenvalue weighted by molar-refractivity contribution is 6.02. The molecule has 156 valence electrons. The minimum Gasteiger partial charge on any atom is -0.496 e. The summed E-state index contributed by atoms with van der Waals surface area (Å²) in [6.45, 7) is 8.72. The maximum absolute atomic E-state index is 12.7. The van der Waals surface area contributed by atoms with Crippen molar-refractivity contribution in [1.82, 2.24) is 5.43 Å². The number of hydrogen-bond acceptors (Lipinski definition) is 6. The Hall–Kier alpha value is -3.22. The van der Waals surface area contributed by atoms with E-state index in [0.29, 0.717) is 54.1 Å². The van der Waals surface area contributed by atoms with Crippen LogP contribution >= 0.6 is 0 Å². The summed E-state index contributed by atoms with van der Waals surface area (Å²) in [6.07, 6.45) is 0. The quantitative estimate of drug-likeness (QED) is 0.481. The lowest BCUT2D eigenvalue weighted by molar-refractivity contribution is 0.0953. The third-order valence-electron chi connectivity index (χ3n) is 3.99. The van der Waals surface area contributed by atoms with Crippen molar-refractivity contribution in [3.8, 4) is 23.0 Å². The van der Waals surface area contributed by atoms with Gasteiger partial charge >= 0.3 is 0 Å². The van der Waals surface area contributed by atoms with Gasteiger partial charge in [-0.25, -0.2) is 5.43 Å². The Kier molecular flexibility index (Phi) is 8.33. The molecule has 0 saturated heterocycles. The smallest absolute Gasteiger partial charge is 0.271 e. The molecule has 7 nitrogen and oxygen atoms in total. The average molecular weight is 400 g/mol. The van der Waals surface area contributed by atoms with E-state index in [0.717, 1.165) is 5.56 Å². The summed E-state index contributed by atoms with van der Waals surface area (Å²) in [6, 6.07) is 10.7. The molecule has 0 saturated carbocycles. The van der Waals surface area contributed by atoms with Gasteiger partial charge in [0.05, 0.1) is 32.6 Å². The Morgan fingerprint density at radius 3 is 2.07 bits per heavy atom. The summed E-state index contributed by atoms with van der Waals surface area (Å²) in [7, 11) is 1.59. The fourth-order valence-corrected chi connectivity index (χ4v) is 2.72. The molecule has 1 N–H and O–H groups in total. The number of amides is 1. The Morgan fingerprint density at radius 1 is 0.931 bits per heavy atom. The molecule has 0 radical (unpaired) electrons. The van der Waals surface area contributed by atoms with Gasteiger partial charge in [0.1, 0.15) is 5.75 Å². The zero-order chi connectivity index (χ0) is 21.2. The van der Waals surface area contributed by atoms with E-state index >= 15 is 0 Å². The molecule has 0 aromatic heterocycles. The van der Waals surface area contributed by atoms with Gasteiger partial charge in [-0.15, -0.1) is 0 Å². The molecule has 2 aromatic rings. The second-order valence-corrected chi connectivity index (χ2v) is 5.94. The van der Waals surface area contributed by atoms with Crippen LogP contribution in [0.15, 0.2) is 41.5 Å². The number of methoxy groups -OCH3 is 1. The number of nitrogens with one attached hydrogen (secondary N) is 1. The van der Waals surface area contributed by atoms with Crippen molar-refractivity contribution in [3.63, 3.8) is 0 Å². The van der Waals surface area contributed by atoms with Crippen LogP contribution in [0, 0.1) is 0 Å². The highest BCUT2D eigenvalue weighted by Crippen LogP contribution is 2.39. The third kappa shape index (κ3) is 5.63. The second-order valence-electron chi connectivity index (χ2n) is 5.94. The summed E-state index contributed by atoms with van der Waals surface area (Å²) < 4.78 is 22.3. The second kappa shape index (κ2) is 10.9. The molecule has 0 aliphatic carbocycles. The molecule has 0 spiro atoms. The fraction of sp³-hybridized carbons (Fsp3) is 0.364. The first kappa shape index (κ1) is 22.1. The number of carbonyl (C=O) groups is 1. The van der Waals surface area contributed by atoms with Crippen LogP contribution in [0.3, 0.4) is 0 Å². The van der Waals surface area contributed by atoms with Gasteiger partial charge in [-0.3, -0.25) is 4.79 Å². The van der Waals surface area contributed by atoms with E-state index in [9.17, 15) is 4.79 Å². The van der Waals surface area contributed by atoms with Crippen LogP contribution in [0.4, 0.5) is 0 Å². The van der Waals surface area contributed by atoms with Gasteiger partial charge in [0.25, 0.3) is 5.91 Å². The van der Waals surface area contributed by atoms with E-state index in [1.807, 2.05) is 45.0 Å². The molecule has 0 bridgehead atoms. The van der Waals surface area contributed by atoms with Gasteiger partial charge < -0.3 is 18.9 Å². The molecule has 1 amide bonds. The van der Waals surface area contributed by atoms with E-state index in [1.54, 1.807) is 26.2 Å². The summed E-state index contributed by atoms with van der Waals surface area (Å²) in [5.41, 5.74) is 4.36. The van der Waals surface area contributed by atoms with Gasteiger partial charge in [-0.1, -0.05) is 12.1 Å². The Morgan fingerprint density at radius 2 is 1.52 bits per heavy atom. The number of carbonyl (C=O) groups excluding carboxylic acids is 1. The predicted molar refractivity (Wildman–Crippen MR) is 113 cm³/mol. The van der Waals surface area contributed by atoms with E-state index in [4.69, 9.17) is 18.9 Å². The van der Waals surface area contributed by atoms with Gasteiger partial charge in [-0.05, 0) is 52.0 Å². The van der Waals surface area contributed by atoms with Crippen LogP contribution in [0.5, 0.6) is 23.0 Å². The van der Waals surface area contributed by atoms with Crippen LogP contribution in [0.1, 0.15) is 43.6 Å². The van der Waals surface area contributed by atoms with Gasteiger partial charge in [0, 0.05) is 11.1 Å². The number of ether oxygens (including phenoxy) is 4. The SMILES string of the molecule is CCOc1cc(C(=O)N/N=C(\C)c2ccccc2OC)cc(OCC)c1OCC. The third-order valence-corrected chi connectivity index (χ3v) is 3.99. The lowest BCUT2D eigenvalue weighted by Gasteiger charge is -2.16. The number of nitrogens with zero attached hydrogens (tertiary/aromatic N) is 1. The van der Waals surface area contributed by atoms with Crippen molar-refractivity contribution in [2.75, 3.05) is 26.9 Å². The molecule has 0 fully saturated rings. The van der Waals surface area contributed by atoms with E-state index in [1.165, 1.54) is 0 Å². The van der Waals surface area contributed by atoms with Crippen molar-refractivity contribution < 1.29 is 23.7 Å². The molecule has 0 heterocycles. The van der Waals surface area contributed by atoms with Crippen molar-refractivity contribution in [2.45, 2.75) is 27.7 Å². The van der Waals surface area contributed by atoms with Crippen molar-refractivity contribution in [2.24, 2.45) is 5.10 Å². The number of rotatable bonds is 10. The standard InChI is InChI=1S/C22H28N2O5/c1-6-27-19-13-16(14-20(28-7-2)21(19)29-8-3)22(25)24-23-15(4)17-11-9-10-12-18(17)26-5/h9-14H,6-8H2,1-5H3,(H,24,25)/b23-15+. The first-order chi connectivity index (χ1) is 14.0. The van der Waals surface area contributed by atoms with Gasteiger partial charge in [-0.2, -0.15) is 5.10 Å². The lowest BCUT2D eigenvalue weighted by atomic mass is 10.1. The zero-order valence-electron chi connectivity index (χ0n) is 17.6. The molecule has 0 aliphatic rings. The number of hydrazone groups is 1. The molecule has 2 rings (SSSR count). The Bertz CT molecular complexity index is 837. The van der Waals surface area contributed by atoms with Crippen molar-refractivity contribution >= 4 is 11.6 Å². The lowest BCUT2D eigenvalue weighted by Crippen LogP contribution is -2.20. The summed E-state index contributed by atoms with van der Waals surface area (Å²) in [5, 5.41) is 4.21. The topological polar surface area (TPSA) is 78.4 Å². The Labute approximate surface area is 171 Å². The first-order valence-corrected chi connectivity index (χ1v) is 9.60. The van der Waals surface area contributed by atoms with Gasteiger partial charge in [0.15, 0.2) is 11.5 Å². The van der Waals surface area contributed by atoms with E-state index < -0.39 is 0 Å². The monoisotopic (exact) mass is 400 g/mol. The maximum Gasteiger partial charge on any atom is 0.271 e. The van der Waals surface area contributed by atoms with Crippen LogP contribution in [0.2, 0.25) is 0 Å². The first-order valence-electron chi connectivity index (χ1n) is 9.60. The molecule has 29 heavy (non-hydrogen) atoms. The highest BCUT2D eigenvalue weighted by atomic mass is 16.5. The summed E-state index contributed by atoms with van der Waals surface area (Å²) in [5.74, 6) is 1.69. The largest absolute Gasteiger partial charge is 0.496 e. The molecule has 7 heteroatoms. The normalized spacial score (nSPS) is 11.0. The fourth-order valence-electron chi connectivity index (χ4n) is 2.72. The maximum atomic E-state index is 12.7. The zero-order valence-corrected chi connectivity index (χ0v) is 17.6. The van der Waals surface area contributed by atoms with E-state index in [-0.39, 0.29) is 5.91 Å². The number of benzene rings is 2. The van der Waals surface area contributed by atoms with Crippen LogP contribution in [0.25, 0.3) is 0 Å². The number of hydrogen-bond donors (Lipinski definition) is 1. The summed E-state index contributed by atoms with van der Waals surface area (Å²) >= 11 is 0. The molecular formula is C22H28N2O5. The van der Waals surface area contributed by atoms with Crippen molar-refractivity contribution in [3.05, 3.63) is 47.5 Å². The summed E-state index contributed by atoms with van der Waals surface area (Å²) in [4.78, 5) is 12.7. The minimum atomic E-state index is -0.385. The van der Waals surface area contributed by atoms with E-state index in [2.05, 4.69) is 10.5 Å². The Balaban J connectivity index is 2.31. The average Bonchev–Trinajstić information content (AvgIpc) is 2.74. The highest BCUT2D eigenvalue weighted by Gasteiger charge is 2.18. The van der Waals surface area contributed by atoms with Crippen LogP contribution in [-0.4, -0.2) is 38.5 Å². The molecule has 2 aromatic carbocycles. The van der Waals surface area contributed by atoms with Crippen LogP contribution < -0.4 is 24.4 Å².